The Morgan fingerprint density at radius 1 is 1.41 bits per heavy atom. The van der Waals surface area contributed by atoms with Gasteiger partial charge in [-0.1, -0.05) is 30.7 Å². The van der Waals surface area contributed by atoms with E-state index in [1.165, 1.54) is 0 Å². The zero-order valence-corrected chi connectivity index (χ0v) is 10.9. The van der Waals surface area contributed by atoms with E-state index >= 15 is 0 Å². The fourth-order valence-corrected chi connectivity index (χ4v) is 2.62. The van der Waals surface area contributed by atoms with Crippen LogP contribution in [0.5, 0.6) is 0 Å². The number of nitrogens with one attached hydrogen (secondary N) is 1. The van der Waals surface area contributed by atoms with Gasteiger partial charge >= 0.3 is 0 Å². The largest absolute Gasteiger partial charge is 0.317 e. The normalized spacial score (nSPS) is 17.1. The van der Waals surface area contributed by atoms with Crippen LogP contribution in [0.4, 0.5) is 0 Å². The zero-order chi connectivity index (χ0) is 12.3. The zero-order valence-electron chi connectivity index (χ0n) is 10.1. The Hall–Kier alpha value is -0.860. The van der Waals surface area contributed by atoms with Crippen LogP contribution in [0.25, 0.3) is 0 Å². The van der Waals surface area contributed by atoms with Crippen LogP contribution in [-0.4, -0.2) is 18.9 Å². The van der Waals surface area contributed by atoms with Crippen LogP contribution in [-0.2, 0) is 6.42 Å². The van der Waals surface area contributed by atoms with Gasteiger partial charge in [0, 0.05) is 16.5 Å². The van der Waals surface area contributed by atoms with E-state index < -0.39 is 0 Å². The van der Waals surface area contributed by atoms with Gasteiger partial charge in [0.2, 0.25) is 0 Å². The molecule has 1 aromatic rings. The molecular formula is C14H18ClNO. The number of hydrogen-bond donors (Lipinski definition) is 1. The molecule has 0 radical (unpaired) electrons. The number of halogens is 1. The summed E-state index contributed by atoms with van der Waals surface area (Å²) in [4.78, 5) is 12.3. The van der Waals surface area contributed by atoms with E-state index in [0.29, 0.717) is 5.02 Å². The highest BCUT2D eigenvalue weighted by molar-refractivity contribution is 6.31. The molecule has 1 aliphatic rings. The number of hydrogen-bond acceptors (Lipinski definition) is 2. The summed E-state index contributed by atoms with van der Waals surface area (Å²) in [5, 5.41) is 3.99. The van der Waals surface area contributed by atoms with Crippen LogP contribution in [0.3, 0.4) is 0 Å². The highest BCUT2D eigenvalue weighted by Crippen LogP contribution is 2.23. The summed E-state index contributed by atoms with van der Waals surface area (Å²) in [5.41, 5.74) is 1.87. The Morgan fingerprint density at radius 2 is 2.12 bits per heavy atom. The van der Waals surface area contributed by atoms with E-state index in [1.807, 2.05) is 18.2 Å². The van der Waals surface area contributed by atoms with E-state index in [4.69, 9.17) is 11.6 Å². The Kier molecular flexibility index (Phi) is 4.19. The molecule has 0 aromatic heterocycles. The monoisotopic (exact) mass is 251 g/mol. The highest BCUT2D eigenvalue weighted by Gasteiger charge is 2.22. The maximum atomic E-state index is 12.3. The van der Waals surface area contributed by atoms with Gasteiger partial charge in [0.25, 0.3) is 0 Å². The Morgan fingerprint density at radius 3 is 2.71 bits per heavy atom. The summed E-state index contributed by atoms with van der Waals surface area (Å²) >= 11 is 6.15. The summed E-state index contributed by atoms with van der Waals surface area (Å²) in [6.45, 7) is 3.95. The smallest absolute Gasteiger partial charge is 0.166 e. The van der Waals surface area contributed by atoms with Gasteiger partial charge in [0.15, 0.2) is 5.78 Å². The van der Waals surface area contributed by atoms with Gasteiger partial charge in [0.1, 0.15) is 0 Å². The lowest BCUT2D eigenvalue weighted by Gasteiger charge is -2.21. The first-order valence-electron chi connectivity index (χ1n) is 6.25. The third-order valence-electron chi connectivity index (χ3n) is 3.43. The molecule has 1 heterocycles. The maximum absolute atomic E-state index is 12.3. The van der Waals surface area contributed by atoms with Gasteiger partial charge in [-0.05, 0) is 44.0 Å². The number of carbonyl (C=O) groups is 1. The molecule has 0 aliphatic carbocycles. The molecule has 1 saturated heterocycles. The number of benzene rings is 1. The molecule has 17 heavy (non-hydrogen) atoms. The van der Waals surface area contributed by atoms with Crippen LogP contribution in [0.2, 0.25) is 5.02 Å². The van der Waals surface area contributed by atoms with E-state index in [-0.39, 0.29) is 11.7 Å². The van der Waals surface area contributed by atoms with Crippen molar-refractivity contribution >= 4 is 17.4 Å². The average Bonchev–Trinajstić information content (AvgIpc) is 2.39. The molecule has 0 amide bonds. The molecular weight excluding hydrogens is 234 g/mol. The van der Waals surface area contributed by atoms with Crippen molar-refractivity contribution in [3.05, 3.63) is 34.3 Å². The number of carbonyl (C=O) groups excluding carboxylic acids is 1. The maximum Gasteiger partial charge on any atom is 0.166 e. The van der Waals surface area contributed by atoms with Crippen molar-refractivity contribution < 1.29 is 4.79 Å². The van der Waals surface area contributed by atoms with Crippen LogP contribution in [0, 0.1) is 5.92 Å². The number of piperidine rings is 1. The van der Waals surface area contributed by atoms with Gasteiger partial charge < -0.3 is 5.32 Å². The summed E-state index contributed by atoms with van der Waals surface area (Å²) in [7, 11) is 0. The SMILES string of the molecule is CCc1ccc(C(=O)C2CCNCC2)cc1Cl. The van der Waals surface area contributed by atoms with Crippen molar-refractivity contribution in [2.75, 3.05) is 13.1 Å². The van der Waals surface area contributed by atoms with Crippen molar-refractivity contribution in [2.24, 2.45) is 5.92 Å². The fraction of sp³-hybridized carbons (Fsp3) is 0.500. The van der Waals surface area contributed by atoms with Gasteiger partial charge in [0.05, 0.1) is 0 Å². The minimum atomic E-state index is 0.166. The predicted octanol–water partition coefficient (Wildman–Crippen LogP) is 3.08. The average molecular weight is 252 g/mol. The predicted molar refractivity (Wildman–Crippen MR) is 70.8 cm³/mol. The van der Waals surface area contributed by atoms with Crippen molar-refractivity contribution in [1.82, 2.24) is 5.32 Å². The van der Waals surface area contributed by atoms with Crippen molar-refractivity contribution in [2.45, 2.75) is 26.2 Å². The van der Waals surface area contributed by atoms with Crippen LogP contribution in [0.1, 0.15) is 35.7 Å². The minimum Gasteiger partial charge on any atom is -0.317 e. The number of Topliss-reactive ketones (excluding diaryl/α,β-unsaturated/α-hetero) is 1. The molecule has 1 aromatic carbocycles. The summed E-state index contributed by atoms with van der Waals surface area (Å²) < 4.78 is 0. The van der Waals surface area contributed by atoms with Crippen LogP contribution in [0.15, 0.2) is 18.2 Å². The Bertz CT molecular complexity index is 411. The molecule has 92 valence electrons. The highest BCUT2D eigenvalue weighted by atomic mass is 35.5. The van der Waals surface area contributed by atoms with Crippen molar-refractivity contribution in [3.63, 3.8) is 0 Å². The first-order chi connectivity index (χ1) is 8.22. The standard InChI is InChI=1S/C14H18ClNO/c1-2-10-3-4-12(9-13(10)15)14(17)11-5-7-16-8-6-11/h3-4,9,11,16H,2,5-8H2,1H3. The van der Waals surface area contributed by atoms with Crippen LogP contribution >= 0.6 is 11.6 Å². The molecule has 1 aliphatic heterocycles. The molecule has 2 nitrogen and oxygen atoms in total. The fourth-order valence-electron chi connectivity index (χ4n) is 2.31. The number of rotatable bonds is 3. The second-order valence-electron chi connectivity index (χ2n) is 4.55. The minimum absolute atomic E-state index is 0.166. The second-order valence-corrected chi connectivity index (χ2v) is 4.96. The van der Waals surface area contributed by atoms with Gasteiger partial charge in [-0.3, -0.25) is 4.79 Å². The molecule has 0 unspecified atom stereocenters. The van der Waals surface area contributed by atoms with E-state index in [9.17, 15) is 4.79 Å². The first kappa shape index (κ1) is 12.6. The second kappa shape index (κ2) is 5.65. The topological polar surface area (TPSA) is 29.1 Å². The van der Waals surface area contributed by atoms with Crippen molar-refractivity contribution in [1.29, 1.82) is 0 Å². The molecule has 1 fully saturated rings. The van der Waals surface area contributed by atoms with E-state index in [2.05, 4.69) is 12.2 Å². The molecule has 3 heteroatoms. The van der Waals surface area contributed by atoms with Crippen LogP contribution < -0.4 is 5.32 Å². The molecule has 0 spiro atoms. The van der Waals surface area contributed by atoms with Gasteiger partial charge in [-0.25, -0.2) is 0 Å². The number of ketones is 1. The Labute approximate surface area is 107 Å². The molecule has 0 saturated carbocycles. The molecule has 2 rings (SSSR count). The number of aryl methyl sites for hydroxylation is 1. The Balaban J connectivity index is 2.16. The lowest BCUT2D eigenvalue weighted by Crippen LogP contribution is -2.31. The molecule has 1 N–H and O–H groups in total. The van der Waals surface area contributed by atoms with Gasteiger partial charge in [-0.2, -0.15) is 0 Å². The van der Waals surface area contributed by atoms with Crippen molar-refractivity contribution in [3.8, 4) is 0 Å². The molecule has 0 bridgehead atoms. The summed E-state index contributed by atoms with van der Waals surface area (Å²) in [5.74, 6) is 0.413. The lowest BCUT2D eigenvalue weighted by molar-refractivity contribution is 0.0895. The van der Waals surface area contributed by atoms with E-state index in [0.717, 1.165) is 43.5 Å². The molecule has 0 atom stereocenters. The summed E-state index contributed by atoms with van der Waals surface area (Å²) in [6, 6.07) is 5.70. The first-order valence-corrected chi connectivity index (χ1v) is 6.63. The lowest BCUT2D eigenvalue weighted by atomic mass is 9.89. The van der Waals surface area contributed by atoms with E-state index in [1.54, 1.807) is 0 Å². The quantitative estimate of drug-likeness (QED) is 0.837. The third kappa shape index (κ3) is 2.88. The van der Waals surface area contributed by atoms with Gasteiger partial charge in [-0.15, -0.1) is 0 Å². The third-order valence-corrected chi connectivity index (χ3v) is 3.78. The summed E-state index contributed by atoms with van der Waals surface area (Å²) in [6.07, 6.45) is 2.78.